The second kappa shape index (κ2) is 5.49. The highest BCUT2D eigenvalue weighted by Gasteiger charge is 2.58. The zero-order valence-electron chi connectivity index (χ0n) is 14.6. The van der Waals surface area contributed by atoms with Gasteiger partial charge in [-0.25, -0.2) is 0 Å². The summed E-state index contributed by atoms with van der Waals surface area (Å²) in [6, 6.07) is 8.90. The number of ether oxygens (including phenoxy) is 1. The van der Waals surface area contributed by atoms with Crippen molar-refractivity contribution >= 4 is 0 Å². The molecule has 2 fully saturated rings. The van der Waals surface area contributed by atoms with Crippen LogP contribution in [0.3, 0.4) is 0 Å². The third-order valence-electron chi connectivity index (χ3n) is 7.04. The molecule has 2 nitrogen and oxygen atoms in total. The van der Waals surface area contributed by atoms with Gasteiger partial charge in [0.1, 0.15) is 5.75 Å². The molecule has 24 heavy (non-hydrogen) atoms. The van der Waals surface area contributed by atoms with E-state index in [1.165, 1.54) is 50.8 Å². The van der Waals surface area contributed by atoms with Crippen molar-refractivity contribution in [2.45, 2.75) is 50.0 Å². The summed E-state index contributed by atoms with van der Waals surface area (Å²) in [5.74, 6) is 2.36. The summed E-state index contributed by atoms with van der Waals surface area (Å²) < 4.78 is 5.37. The van der Waals surface area contributed by atoms with Crippen molar-refractivity contribution < 1.29 is 4.74 Å². The predicted octanol–water partition coefficient (Wildman–Crippen LogP) is 4.68. The number of likely N-dealkylation sites (tertiary alicyclic amines) is 1. The molecule has 3 unspecified atom stereocenters. The molecule has 1 aromatic carbocycles. The van der Waals surface area contributed by atoms with Crippen LogP contribution in [0.2, 0.25) is 0 Å². The number of methoxy groups -OCH3 is 1. The van der Waals surface area contributed by atoms with E-state index in [-0.39, 0.29) is 0 Å². The van der Waals surface area contributed by atoms with Crippen molar-refractivity contribution in [2.75, 3.05) is 20.2 Å². The van der Waals surface area contributed by atoms with Crippen LogP contribution in [0.15, 0.2) is 47.6 Å². The first-order valence-electron chi connectivity index (χ1n) is 9.63. The van der Waals surface area contributed by atoms with E-state index in [0.717, 1.165) is 18.1 Å². The van der Waals surface area contributed by atoms with Gasteiger partial charge in [-0.15, -0.1) is 0 Å². The van der Waals surface area contributed by atoms with E-state index in [2.05, 4.69) is 41.3 Å². The van der Waals surface area contributed by atoms with Crippen LogP contribution in [-0.4, -0.2) is 30.6 Å². The van der Waals surface area contributed by atoms with E-state index in [9.17, 15) is 0 Å². The molecule has 126 valence electrons. The van der Waals surface area contributed by atoms with Gasteiger partial charge in [0, 0.05) is 11.5 Å². The lowest BCUT2D eigenvalue weighted by Gasteiger charge is -2.42. The third-order valence-corrected chi connectivity index (χ3v) is 7.04. The monoisotopic (exact) mass is 321 g/mol. The number of hydrogen-bond acceptors (Lipinski definition) is 2. The molecule has 0 bridgehead atoms. The molecule has 2 heteroatoms. The van der Waals surface area contributed by atoms with Crippen LogP contribution >= 0.6 is 0 Å². The highest BCUT2D eigenvalue weighted by atomic mass is 16.5. The lowest BCUT2D eigenvalue weighted by molar-refractivity contribution is 0.119. The summed E-state index contributed by atoms with van der Waals surface area (Å²) in [5, 5.41) is 0. The molecule has 1 saturated heterocycles. The molecule has 0 radical (unpaired) electrons. The zero-order chi connectivity index (χ0) is 16.1. The maximum Gasteiger partial charge on any atom is 0.118 e. The largest absolute Gasteiger partial charge is 0.497 e. The molecule has 1 heterocycles. The quantitative estimate of drug-likeness (QED) is 0.801. The topological polar surface area (TPSA) is 12.5 Å². The highest BCUT2D eigenvalue weighted by molar-refractivity contribution is 5.55. The number of nitrogens with zero attached hydrogens (tertiary/aromatic N) is 1. The van der Waals surface area contributed by atoms with Gasteiger partial charge in [0.2, 0.25) is 0 Å². The van der Waals surface area contributed by atoms with Crippen LogP contribution in [0.25, 0.3) is 0 Å². The van der Waals surface area contributed by atoms with Gasteiger partial charge >= 0.3 is 0 Å². The first kappa shape index (κ1) is 14.8. The fourth-order valence-electron chi connectivity index (χ4n) is 6.20. The minimum Gasteiger partial charge on any atom is -0.497 e. The van der Waals surface area contributed by atoms with Crippen molar-refractivity contribution in [3.05, 3.63) is 53.1 Å². The summed E-state index contributed by atoms with van der Waals surface area (Å²) in [4.78, 5) is 2.86. The van der Waals surface area contributed by atoms with Crippen molar-refractivity contribution in [3.63, 3.8) is 0 Å². The summed E-state index contributed by atoms with van der Waals surface area (Å²) in [6.07, 6.45) is 13.0. The molecule has 1 saturated carbocycles. The first-order valence-corrected chi connectivity index (χ1v) is 9.63. The van der Waals surface area contributed by atoms with Crippen molar-refractivity contribution in [1.29, 1.82) is 0 Å². The Balaban J connectivity index is 1.59. The van der Waals surface area contributed by atoms with Crippen LogP contribution in [0.5, 0.6) is 5.75 Å². The molecule has 5 rings (SSSR count). The van der Waals surface area contributed by atoms with E-state index >= 15 is 0 Å². The molecule has 3 atom stereocenters. The van der Waals surface area contributed by atoms with Gasteiger partial charge in [0.15, 0.2) is 0 Å². The Labute approximate surface area is 145 Å². The predicted molar refractivity (Wildman–Crippen MR) is 97.4 cm³/mol. The summed E-state index contributed by atoms with van der Waals surface area (Å²) in [5.41, 5.74) is 5.27. The maximum absolute atomic E-state index is 5.37. The van der Waals surface area contributed by atoms with Gasteiger partial charge < -0.3 is 4.74 Å². The Hall–Kier alpha value is -1.54. The van der Waals surface area contributed by atoms with Gasteiger partial charge in [0.05, 0.1) is 7.11 Å². The average molecular weight is 321 g/mol. The number of hydrogen-bond donors (Lipinski definition) is 0. The van der Waals surface area contributed by atoms with Crippen molar-refractivity contribution in [1.82, 2.24) is 4.90 Å². The van der Waals surface area contributed by atoms with Crippen LogP contribution in [0.1, 0.15) is 50.0 Å². The molecule has 0 spiro atoms. The van der Waals surface area contributed by atoms with Crippen LogP contribution < -0.4 is 4.74 Å². The normalized spacial score (nSPS) is 34.9. The molecular weight excluding hydrogens is 294 g/mol. The second-order valence-electron chi connectivity index (χ2n) is 7.91. The SMILES string of the molecule is COc1ccc(C2C3=C(C=CC3)C3(N4CCCC4)CCCC23)cc1. The lowest BCUT2D eigenvalue weighted by atomic mass is 9.76. The average Bonchev–Trinajstić information content (AvgIpc) is 3.37. The number of rotatable bonds is 3. The Bertz CT molecular complexity index is 695. The van der Waals surface area contributed by atoms with Gasteiger partial charge in [-0.2, -0.15) is 0 Å². The zero-order valence-corrected chi connectivity index (χ0v) is 14.6. The molecule has 1 aromatic rings. The highest BCUT2D eigenvalue weighted by Crippen LogP contribution is 2.62. The van der Waals surface area contributed by atoms with Crippen LogP contribution in [-0.2, 0) is 0 Å². The van der Waals surface area contributed by atoms with Crippen LogP contribution in [0.4, 0.5) is 0 Å². The Morgan fingerprint density at radius 1 is 1.08 bits per heavy atom. The van der Waals surface area contributed by atoms with Gasteiger partial charge in [0.25, 0.3) is 0 Å². The number of allylic oxidation sites excluding steroid dienone is 2. The van der Waals surface area contributed by atoms with E-state index in [1.54, 1.807) is 18.3 Å². The molecular formula is C22H27NO. The van der Waals surface area contributed by atoms with Gasteiger partial charge in [-0.3, -0.25) is 4.90 Å². The maximum atomic E-state index is 5.37. The number of fused-ring (bicyclic) bond motifs is 2. The van der Waals surface area contributed by atoms with E-state index < -0.39 is 0 Å². The molecule has 4 aliphatic rings. The molecule has 1 aliphatic heterocycles. The van der Waals surface area contributed by atoms with Crippen molar-refractivity contribution in [3.8, 4) is 5.75 Å². The third kappa shape index (κ3) is 1.86. The fraction of sp³-hybridized carbons (Fsp3) is 0.545. The summed E-state index contributed by atoms with van der Waals surface area (Å²) >= 11 is 0. The Kier molecular flexibility index (Phi) is 3.38. The second-order valence-corrected chi connectivity index (χ2v) is 7.91. The fourth-order valence-corrected chi connectivity index (χ4v) is 6.20. The molecule has 0 aromatic heterocycles. The lowest BCUT2D eigenvalue weighted by Crippen LogP contribution is -2.49. The Morgan fingerprint density at radius 2 is 1.88 bits per heavy atom. The first-order chi connectivity index (χ1) is 11.8. The van der Waals surface area contributed by atoms with Gasteiger partial charge in [-0.1, -0.05) is 36.3 Å². The molecule has 0 N–H and O–H groups in total. The Morgan fingerprint density at radius 3 is 2.62 bits per heavy atom. The smallest absolute Gasteiger partial charge is 0.118 e. The standard InChI is InChI=1S/C22H27NO/c1-24-17-11-9-16(10-12-17)21-18-6-4-7-19(18)22(13-5-8-20(21)22)23-14-2-3-15-23/h4,7,9-12,20-21H,2-3,5-6,8,13-15H2,1H3. The van der Waals surface area contributed by atoms with E-state index in [0.29, 0.717) is 11.5 Å². The summed E-state index contributed by atoms with van der Waals surface area (Å²) in [6.45, 7) is 2.60. The van der Waals surface area contributed by atoms with E-state index in [1.807, 2.05) is 0 Å². The minimum atomic E-state index is 0.351. The van der Waals surface area contributed by atoms with Crippen molar-refractivity contribution in [2.24, 2.45) is 5.92 Å². The number of benzene rings is 1. The van der Waals surface area contributed by atoms with E-state index in [4.69, 9.17) is 4.74 Å². The molecule has 3 aliphatic carbocycles. The molecule has 0 amide bonds. The van der Waals surface area contributed by atoms with Gasteiger partial charge in [-0.05, 0) is 74.4 Å². The minimum absolute atomic E-state index is 0.351. The summed E-state index contributed by atoms with van der Waals surface area (Å²) in [7, 11) is 1.75. The van der Waals surface area contributed by atoms with Crippen LogP contribution in [0, 0.1) is 5.92 Å².